The molecule has 2 unspecified atom stereocenters. The maximum absolute atomic E-state index is 12.6. The van der Waals surface area contributed by atoms with Gasteiger partial charge in [-0.25, -0.2) is 0 Å². The lowest BCUT2D eigenvalue weighted by atomic mass is 9.87. The number of para-hydroxylation sites is 1. The number of carbonyl (C=O) groups excluding carboxylic acids is 2. The van der Waals surface area contributed by atoms with Gasteiger partial charge in [-0.05, 0) is 37.6 Å². The molecule has 2 fully saturated rings. The van der Waals surface area contributed by atoms with Crippen molar-refractivity contribution in [2.24, 2.45) is 11.8 Å². The maximum Gasteiger partial charge on any atom is 0.249 e. The van der Waals surface area contributed by atoms with Crippen molar-refractivity contribution in [1.82, 2.24) is 10.2 Å². The van der Waals surface area contributed by atoms with E-state index in [1.807, 2.05) is 37.3 Å². The third-order valence-corrected chi connectivity index (χ3v) is 4.97. The molecule has 0 radical (unpaired) electrons. The largest absolute Gasteiger partial charge is 0.333 e. The molecular weight excluding hydrogens is 314 g/mol. The fourth-order valence-corrected chi connectivity index (χ4v) is 3.23. The molecule has 126 valence electrons. The molecule has 2 heterocycles. The summed E-state index contributed by atoms with van der Waals surface area (Å²) in [6.07, 6.45) is 0.700. The van der Waals surface area contributed by atoms with E-state index >= 15 is 0 Å². The van der Waals surface area contributed by atoms with Crippen LogP contribution in [-0.4, -0.2) is 49.4 Å². The van der Waals surface area contributed by atoms with Gasteiger partial charge in [-0.1, -0.05) is 25.1 Å². The summed E-state index contributed by atoms with van der Waals surface area (Å²) < 4.78 is 0. The van der Waals surface area contributed by atoms with Gasteiger partial charge in [-0.15, -0.1) is 12.4 Å². The van der Waals surface area contributed by atoms with Gasteiger partial charge in [-0.3, -0.25) is 9.59 Å². The van der Waals surface area contributed by atoms with Crippen molar-refractivity contribution in [2.45, 2.75) is 19.4 Å². The van der Waals surface area contributed by atoms with Crippen LogP contribution >= 0.6 is 12.4 Å². The molecule has 0 aromatic heterocycles. The summed E-state index contributed by atoms with van der Waals surface area (Å²) in [5, 5.41) is 3.20. The number of anilines is 1. The molecule has 0 aliphatic carbocycles. The highest BCUT2D eigenvalue weighted by Gasteiger charge is 2.40. The summed E-state index contributed by atoms with van der Waals surface area (Å²) in [6, 6.07) is 9.33. The Bertz CT molecular complexity index is 562. The molecule has 2 aliphatic heterocycles. The van der Waals surface area contributed by atoms with E-state index in [0.717, 1.165) is 18.8 Å². The van der Waals surface area contributed by atoms with Crippen LogP contribution in [0.5, 0.6) is 0 Å². The number of benzene rings is 1. The lowest BCUT2D eigenvalue weighted by Gasteiger charge is -2.35. The van der Waals surface area contributed by atoms with E-state index in [0.29, 0.717) is 18.9 Å². The summed E-state index contributed by atoms with van der Waals surface area (Å²) in [7, 11) is 1.77. The first kappa shape index (κ1) is 17.8. The maximum atomic E-state index is 12.6. The van der Waals surface area contributed by atoms with E-state index in [1.165, 1.54) is 0 Å². The van der Waals surface area contributed by atoms with Gasteiger partial charge in [-0.2, -0.15) is 0 Å². The third-order valence-electron chi connectivity index (χ3n) is 4.97. The van der Waals surface area contributed by atoms with E-state index in [4.69, 9.17) is 0 Å². The van der Waals surface area contributed by atoms with Crippen LogP contribution in [0.4, 0.5) is 5.69 Å². The number of rotatable bonds is 4. The van der Waals surface area contributed by atoms with E-state index < -0.39 is 0 Å². The van der Waals surface area contributed by atoms with Gasteiger partial charge in [0, 0.05) is 25.2 Å². The fraction of sp³-hybridized carbons (Fsp3) is 0.529. The molecular formula is C17H24ClN3O2. The molecule has 1 aromatic rings. The van der Waals surface area contributed by atoms with Crippen LogP contribution in [-0.2, 0) is 9.59 Å². The summed E-state index contributed by atoms with van der Waals surface area (Å²) in [6.45, 7) is 4.44. The van der Waals surface area contributed by atoms with Crippen LogP contribution in [0.3, 0.4) is 0 Å². The molecule has 0 saturated carbocycles. The zero-order valence-corrected chi connectivity index (χ0v) is 14.4. The monoisotopic (exact) mass is 337 g/mol. The van der Waals surface area contributed by atoms with Crippen LogP contribution in [0.25, 0.3) is 0 Å². The lowest BCUT2D eigenvalue weighted by molar-refractivity contribution is -0.141. The first-order valence-electron chi connectivity index (χ1n) is 7.93. The number of hydrogen-bond acceptors (Lipinski definition) is 3. The van der Waals surface area contributed by atoms with Crippen LogP contribution in [0.15, 0.2) is 30.3 Å². The topological polar surface area (TPSA) is 52.7 Å². The Balaban J connectivity index is 0.00000192. The predicted molar refractivity (Wildman–Crippen MR) is 92.7 cm³/mol. The number of amides is 2. The molecule has 2 amide bonds. The van der Waals surface area contributed by atoms with Crippen LogP contribution in [0.2, 0.25) is 0 Å². The molecule has 6 heteroatoms. The van der Waals surface area contributed by atoms with Crippen LogP contribution in [0, 0.1) is 11.8 Å². The molecule has 2 aliphatic rings. The van der Waals surface area contributed by atoms with Crippen LogP contribution in [0.1, 0.15) is 13.3 Å². The highest BCUT2D eigenvalue weighted by Crippen LogP contribution is 2.26. The SMILES string of the molecule is CC(C(=O)N(C)C1CCN(c2ccccc2)C1=O)C1CNC1.Cl. The second-order valence-corrected chi connectivity index (χ2v) is 6.29. The average molecular weight is 338 g/mol. The molecule has 1 aromatic carbocycles. The Morgan fingerprint density at radius 3 is 2.52 bits per heavy atom. The number of carbonyl (C=O) groups is 2. The van der Waals surface area contributed by atoms with Gasteiger partial charge >= 0.3 is 0 Å². The highest BCUT2D eigenvalue weighted by molar-refractivity contribution is 6.01. The van der Waals surface area contributed by atoms with Gasteiger partial charge in [0.25, 0.3) is 0 Å². The number of halogens is 1. The number of hydrogen-bond donors (Lipinski definition) is 1. The Labute approximate surface area is 143 Å². The average Bonchev–Trinajstić information content (AvgIpc) is 2.86. The van der Waals surface area contributed by atoms with Crippen molar-refractivity contribution in [2.75, 3.05) is 31.6 Å². The van der Waals surface area contributed by atoms with Crippen LogP contribution < -0.4 is 10.2 Å². The van der Waals surface area contributed by atoms with Gasteiger partial charge in [0.1, 0.15) is 6.04 Å². The van der Waals surface area contributed by atoms with Crippen molar-refractivity contribution in [3.63, 3.8) is 0 Å². The highest BCUT2D eigenvalue weighted by atomic mass is 35.5. The Morgan fingerprint density at radius 1 is 1.30 bits per heavy atom. The van der Waals surface area contributed by atoms with Crippen molar-refractivity contribution < 1.29 is 9.59 Å². The van der Waals surface area contributed by atoms with E-state index in [2.05, 4.69) is 5.32 Å². The van der Waals surface area contributed by atoms with Crippen molar-refractivity contribution in [3.05, 3.63) is 30.3 Å². The minimum absolute atomic E-state index is 0. The summed E-state index contributed by atoms with van der Waals surface area (Å²) in [4.78, 5) is 28.7. The fourth-order valence-electron chi connectivity index (χ4n) is 3.23. The molecule has 23 heavy (non-hydrogen) atoms. The zero-order valence-electron chi connectivity index (χ0n) is 13.6. The molecule has 5 nitrogen and oxygen atoms in total. The second kappa shape index (κ2) is 7.32. The minimum atomic E-state index is -0.330. The third kappa shape index (κ3) is 3.35. The van der Waals surface area contributed by atoms with Crippen molar-refractivity contribution in [3.8, 4) is 0 Å². The summed E-state index contributed by atoms with van der Waals surface area (Å²) in [5.41, 5.74) is 0.909. The molecule has 2 atom stereocenters. The molecule has 1 N–H and O–H groups in total. The van der Waals surface area contributed by atoms with E-state index in [1.54, 1.807) is 16.8 Å². The number of likely N-dealkylation sites (N-methyl/N-ethyl adjacent to an activating group) is 1. The first-order chi connectivity index (χ1) is 10.6. The Hall–Kier alpha value is -1.59. The summed E-state index contributed by atoms with van der Waals surface area (Å²) >= 11 is 0. The zero-order chi connectivity index (χ0) is 15.7. The van der Waals surface area contributed by atoms with Gasteiger partial charge in [0.05, 0.1) is 0 Å². The van der Waals surface area contributed by atoms with Gasteiger partial charge in [0.15, 0.2) is 0 Å². The standard InChI is InChI=1S/C17H23N3O2.ClH/c1-12(13-10-18-11-13)16(21)19(2)15-8-9-20(17(15)22)14-6-4-3-5-7-14;/h3-7,12-13,15,18H,8-11H2,1-2H3;1H. The Kier molecular flexibility index (Phi) is 5.65. The predicted octanol–water partition coefficient (Wildman–Crippen LogP) is 1.53. The molecule has 0 spiro atoms. The first-order valence-corrected chi connectivity index (χ1v) is 7.93. The van der Waals surface area contributed by atoms with E-state index in [-0.39, 0.29) is 36.2 Å². The summed E-state index contributed by atoms with van der Waals surface area (Å²) in [5.74, 6) is 0.488. The molecule has 2 saturated heterocycles. The van der Waals surface area contributed by atoms with Crippen molar-refractivity contribution in [1.29, 1.82) is 0 Å². The smallest absolute Gasteiger partial charge is 0.249 e. The van der Waals surface area contributed by atoms with Gasteiger partial charge in [0.2, 0.25) is 11.8 Å². The quantitative estimate of drug-likeness (QED) is 0.906. The lowest BCUT2D eigenvalue weighted by Crippen LogP contribution is -2.52. The number of nitrogens with one attached hydrogen (secondary N) is 1. The van der Waals surface area contributed by atoms with Crippen molar-refractivity contribution >= 4 is 29.9 Å². The van der Waals surface area contributed by atoms with Gasteiger partial charge < -0.3 is 15.1 Å². The van der Waals surface area contributed by atoms with E-state index in [9.17, 15) is 9.59 Å². The number of nitrogens with zero attached hydrogens (tertiary/aromatic N) is 2. The Morgan fingerprint density at radius 2 is 1.96 bits per heavy atom. The minimum Gasteiger partial charge on any atom is -0.333 e. The second-order valence-electron chi connectivity index (χ2n) is 6.29. The normalized spacial score (nSPS) is 22.3. The molecule has 3 rings (SSSR count). The molecule has 0 bridgehead atoms.